The molecule has 0 aliphatic heterocycles. The zero-order valence-corrected chi connectivity index (χ0v) is 13.7. The van der Waals surface area contributed by atoms with Crippen LogP contribution in [-0.4, -0.2) is 26.6 Å². The SMILES string of the molecule is COC(=O)c1ccccc1OS(=O)(=O)c1cc(C)c(O)c(C)c1. The number of carbonyl (C=O) groups is 1. The molecule has 2 rings (SSSR count). The number of para-hydroxylation sites is 1. The third kappa shape index (κ3) is 3.45. The smallest absolute Gasteiger partial charge is 0.341 e. The Balaban J connectivity index is 2.46. The fourth-order valence-corrected chi connectivity index (χ4v) is 3.16. The van der Waals surface area contributed by atoms with Gasteiger partial charge in [0, 0.05) is 0 Å². The molecule has 6 nitrogen and oxygen atoms in total. The minimum Gasteiger partial charge on any atom is -0.507 e. The van der Waals surface area contributed by atoms with E-state index in [1.807, 2.05) is 0 Å². The van der Waals surface area contributed by atoms with Crippen LogP contribution in [0.4, 0.5) is 0 Å². The highest BCUT2D eigenvalue weighted by Gasteiger charge is 2.22. The molecule has 122 valence electrons. The van der Waals surface area contributed by atoms with Crippen molar-refractivity contribution in [2.24, 2.45) is 0 Å². The molecule has 0 bridgehead atoms. The molecule has 0 fully saturated rings. The van der Waals surface area contributed by atoms with E-state index < -0.39 is 16.1 Å². The molecule has 0 amide bonds. The first-order valence-corrected chi connectivity index (χ1v) is 8.09. The van der Waals surface area contributed by atoms with Crippen LogP contribution in [0.15, 0.2) is 41.3 Å². The van der Waals surface area contributed by atoms with Crippen molar-refractivity contribution in [1.82, 2.24) is 0 Å². The number of aryl methyl sites for hydroxylation is 2. The van der Waals surface area contributed by atoms with E-state index in [9.17, 15) is 18.3 Å². The third-order valence-corrected chi connectivity index (χ3v) is 4.46. The van der Waals surface area contributed by atoms with Gasteiger partial charge < -0.3 is 14.0 Å². The summed E-state index contributed by atoms with van der Waals surface area (Å²) in [7, 11) is -2.96. The molecule has 0 aliphatic rings. The number of phenolic OH excluding ortho intramolecular Hbond substituents is 1. The number of ether oxygens (including phenoxy) is 1. The molecule has 0 saturated carbocycles. The maximum atomic E-state index is 12.4. The molecule has 0 aromatic heterocycles. The van der Waals surface area contributed by atoms with Crippen LogP contribution in [0.3, 0.4) is 0 Å². The van der Waals surface area contributed by atoms with Gasteiger partial charge in [0.05, 0.1) is 7.11 Å². The average Bonchev–Trinajstić information content (AvgIpc) is 2.51. The van der Waals surface area contributed by atoms with E-state index in [0.29, 0.717) is 11.1 Å². The Hall–Kier alpha value is -2.54. The van der Waals surface area contributed by atoms with Gasteiger partial charge in [0.2, 0.25) is 0 Å². The number of hydrogen-bond donors (Lipinski definition) is 1. The van der Waals surface area contributed by atoms with Crippen molar-refractivity contribution in [3.05, 3.63) is 53.1 Å². The van der Waals surface area contributed by atoms with Gasteiger partial charge in [0.1, 0.15) is 16.2 Å². The number of carbonyl (C=O) groups excluding carboxylic acids is 1. The number of hydrogen-bond acceptors (Lipinski definition) is 6. The van der Waals surface area contributed by atoms with Crippen molar-refractivity contribution in [3.8, 4) is 11.5 Å². The van der Waals surface area contributed by atoms with Gasteiger partial charge in [-0.25, -0.2) is 4.79 Å². The number of benzene rings is 2. The summed E-state index contributed by atoms with van der Waals surface area (Å²) >= 11 is 0. The molecule has 2 aromatic rings. The van der Waals surface area contributed by atoms with Gasteiger partial charge in [-0.05, 0) is 49.2 Å². The average molecular weight is 336 g/mol. The first-order chi connectivity index (χ1) is 10.8. The largest absolute Gasteiger partial charge is 0.507 e. The lowest BCUT2D eigenvalue weighted by Crippen LogP contribution is -2.13. The van der Waals surface area contributed by atoms with Gasteiger partial charge in [-0.1, -0.05) is 12.1 Å². The zero-order valence-electron chi connectivity index (χ0n) is 12.9. The van der Waals surface area contributed by atoms with Crippen molar-refractivity contribution in [1.29, 1.82) is 0 Å². The summed E-state index contributed by atoms with van der Waals surface area (Å²) in [5.74, 6) is -0.796. The van der Waals surface area contributed by atoms with Gasteiger partial charge >= 0.3 is 16.1 Å². The molecular formula is C16H16O6S. The van der Waals surface area contributed by atoms with Gasteiger partial charge in [-0.3, -0.25) is 0 Å². The summed E-state index contributed by atoms with van der Waals surface area (Å²) in [6.45, 7) is 3.17. The monoisotopic (exact) mass is 336 g/mol. The molecule has 2 aromatic carbocycles. The van der Waals surface area contributed by atoms with Gasteiger partial charge in [-0.15, -0.1) is 0 Å². The van der Waals surface area contributed by atoms with E-state index in [4.69, 9.17) is 4.18 Å². The normalized spacial score (nSPS) is 11.1. The Labute approximate surface area is 134 Å². The Kier molecular flexibility index (Phi) is 4.60. The lowest BCUT2D eigenvalue weighted by atomic mass is 10.1. The summed E-state index contributed by atoms with van der Waals surface area (Å²) in [4.78, 5) is 11.6. The van der Waals surface area contributed by atoms with Crippen LogP contribution < -0.4 is 4.18 Å². The molecule has 0 heterocycles. The molecule has 7 heteroatoms. The van der Waals surface area contributed by atoms with Crippen molar-refractivity contribution in [2.45, 2.75) is 18.7 Å². The van der Waals surface area contributed by atoms with Crippen LogP contribution in [0.1, 0.15) is 21.5 Å². The second-order valence-electron chi connectivity index (χ2n) is 4.93. The molecule has 0 aliphatic carbocycles. The lowest BCUT2D eigenvalue weighted by Gasteiger charge is -2.12. The van der Waals surface area contributed by atoms with E-state index in [-0.39, 0.29) is 22.0 Å². The molecule has 1 N–H and O–H groups in total. The summed E-state index contributed by atoms with van der Waals surface area (Å²) in [5, 5.41) is 9.74. The number of phenols is 1. The number of methoxy groups -OCH3 is 1. The molecular weight excluding hydrogens is 320 g/mol. The number of aromatic hydroxyl groups is 1. The van der Waals surface area contributed by atoms with Crippen molar-refractivity contribution >= 4 is 16.1 Å². The zero-order chi connectivity index (χ0) is 17.2. The van der Waals surface area contributed by atoms with Crippen LogP contribution in [-0.2, 0) is 14.9 Å². The van der Waals surface area contributed by atoms with Crippen molar-refractivity contribution in [2.75, 3.05) is 7.11 Å². The first kappa shape index (κ1) is 16.8. The van der Waals surface area contributed by atoms with Crippen molar-refractivity contribution in [3.63, 3.8) is 0 Å². The van der Waals surface area contributed by atoms with E-state index in [1.54, 1.807) is 26.0 Å². The highest BCUT2D eigenvalue weighted by molar-refractivity contribution is 7.87. The fourth-order valence-electron chi connectivity index (χ4n) is 2.04. The molecule has 0 radical (unpaired) electrons. The van der Waals surface area contributed by atoms with Crippen LogP contribution in [0, 0.1) is 13.8 Å². The maximum absolute atomic E-state index is 12.4. The highest BCUT2D eigenvalue weighted by Crippen LogP contribution is 2.28. The standard InChI is InChI=1S/C16H16O6S/c1-10-8-12(9-11(2)15(10)17)23(19,20)22-14-7-5-4-6-13(14)16(18)21-3/h4-9,17H,1-3H3. The quantitative estimate of drug-likeness (QED) is 0.682. The highest BCUT2D eigenvalue weighted by atomic mass is 32.2. The summed E-state index contributed by atoms with van der Waals surface area (Å²) in [6.07, 6.45) is 0. The maximum Gasteiger partial charge on any atom is 0.341 e. The van der Waals surface area contributed by atoms with Crippen LogP contribution >= 0.6 is 0 Å². The molecule has 0 saturated heterocycles. The van der Waals surface area contributed by atoms with Gasteiger partial charge in [0.25, 0.3) is 0 Å². The topological polar surface area (TPSA) is 89.9 Å². The molecule has 0 spiro atoms. The Bertz CT molecular complexity index is 832. The summed E-state index contributed by atoms with van der Waals surface area (Å²) < 4.78 is 34.5. The molecule has 23 heavy (non-hydrogen) atoms. The summed E-state index contributed by atoms with van der Waals surface area (Å²) in [5.41, 5.74) is 0.827. The molecule has 0 unspecified atom stereocenters. The Morgan fingerprint density at radius 2 is 1.65 bits per heavy atom. The Morgan fingerprint density at radius 1 is 1.09 bits per heavy atom. The predicted octanol–water partition coefficient (Wildman–Crippen LogP) is 2.56. The Morgan fingerprint density at radius 3 is 2.22 bits per heavy atom. The third-order valence-electron chi connectivity index (χ3n) is 3.25. The van der Waals surface area contributed by atoms with E-state index >= 15 is 0 Å². The lowest BCUT2D eigenvalue weighted by molar-refractivity contribution is 0.0599. The number of rotatable bonds is 4. The van der Waals surface area contributed by atoms with Crippen LogP contribution in [0.2, 0.25) is 0 Å². The minimum absolute atomic E-state index is 0.00537. The van der Waals surface area contributed by atoms with Gasteiger partial charge in [-0.2, -0.15) is 8.42 Å². The second-order valence-corrected chi connectivity index (χ2v) is 6.48. The predicted molar refractivity (Wildman–Crippen MR) is 83.2 cm³/mol. The van der Waals surface area contributed by atoms with Gasteiger partial charge in [0.15, 0.2) is 5.75 Å². The fraction of sp³-hybridized carbons (Fsp3) is 0.188. The van der Waals surface area contributed by atoms with E-state index in [1.165, 1.54) is 31.4 Å². The van der Waals surface area contributed by atoms with E-state index in [2.05, 4.69) is 4.74 Å². The van der Waals surface area contributed by atoms with Crippen LogP contribution in [0.25, 0.3) is 0 Å². The van der Waals surface area contributed by atoms with Crippen molar-refractivity contribution < 1.29 is 27.2 Å². The second kappa shape index (κ2) is 6.29. The number of esters is 1. The summed E-state index contributed by atoms with van der Waals surface area (Å²) in [6, 6.07) is 8.50. The van der Waals surface area contributed by atoms with E-state index in [0.717, 1.165) is 0 Å². The van der Waals surface area contributed by atoms with Crippen LogP contribution in [0.5, 0.6) is 11.5 Å². The molecule has 0 atom stereocenters. The first-order valence-electron chi connectivity index (χ1n) is 6.68. The minimum atomic E-state index is -4.16.